The third kappa shape index (κ3) is 11.1. The minimum absolute atomic E-state index is 0. The molecule has 0 aliphatic heterocycles. The van der Waals surface area contributed by atoms with Gasteiger partial charge in [-0.3, -0.25) is 8.96 Å². The van der Waals surface area contributed by atoms with Crippen LogP contribution in [0.2, 0.25) is 0 Å². The minimum Gasteiger partial charge on any atom is -0.393 e. The predicted octanol–water partition coefficient (Wildman–Crippen LogP) is 7.93. The third-order valence-electron chi connectivity index (χ3n) is 7.78. The van der Waals surface area contributed by atoms with Crippen LogP contribution >= 0.6 is 0 Å². The van der Waals surface area contributed by atoms with Crippen molar-refractivity contribution in [1.82, 2.24) is 29.5 Å². The zero-order chi connectivity index (χ0) is 35.8. The van der Waals surface area contributed by atoms with Crippen LogP contribution in [0.5, 0.6) is 0 Å². The van der Waals surface area contributed by atoms with Gasteiger partial charge in [0.25, 0.3) is 0 Å². The maximum absolute atomic E-state index is 13.1. The van der Waals surface area contributed by atoms with E-state index in [9.17, 15) is 8.78 Å². The van der Waals surface area contributed by atoms with Crippen LogP contribution in [0.4, 0.5) is 8.78 Å². The van der Waals surface area contributed by atoms with E-state index in [-0.39, 0.29) is 64.1 Å². The van der Waals surface area contributed by atoms with Gasteiger partial charge in [-0.1, -0.05) is 36.4 Å². The summed E-state index contributed by atoms with van der Waals surface area (Å²) in [5, 5.41) is 34.0. The van der Waals surface area contributed by atoms with Gasteiger partial charge >= 0.3 is 0 Å². The van der Waals surface area contributed by atoms with E-state index in [1.54, 1.807) is 32.0 Å². The topological polar surface area (TPSA) is 102 Å². The molecule has 0 aliphatic carbocycles. The summed E-state index contributed by atoms with van der Waals surface area (Å²) in [7, 11) is 0. The number of aliphatic hydroxyl groups excluding tert-OH is 2. The summed E-state index contributed by atoms with van der Waals surface area (Å²) < 4.78 is 30.2. The van der Waals surface area contributed by atoms with Crippen LogP contribution in [0.3, 0.4) is 0 Å². The standard InChI is InChI=1S/C17H16FN3.C17H15FN3.C5H12O2.2Ir/c2*1-11-5-4-6-12(2)16(11)21-13(3)19-20-17(21)14-7-9-15(18)10-8-14;1-4(6)3-5(2)7;;/h4-10H,1-3H3;4-7,9-10H,1-3H3;4-7H,3H2,1-2H3;;/q;-1;;;. The first kappa shape index (κ1) is 43.4. The molecule has 0 amide bonds. The predicted molar refractivity (Wildman–Crippen MR) is 189 cm³/mol. The van der Waals surface area contributed by atoms with Crippen LogP contribution in [0.1, 0.15) is 54.2 Å². The number of aromatic nitrogens is 6. The van der Waals surface area contributed by atoms with Crippen LogP contribution in [0.25, 0.3) is 34.2 Å². The molecule has 8 nitrogen and oxygen atoms in total. The summed E-state index contributed by atoms with van der Waals surface area (Å²) in [4.78, 5) is 0. The SMILES string of the molecule is CC(O)CC(C)O.Cc1cccc(C)c1-n1c(C)nnc1-c1[c-]cc(F)cc1.Cc1cccc(C)c1-n1c(C)nnc1-c1ccc(F)cc1.[Ir].[Ir]. The van der Waals surface area contributed by atoms with E-state index in [1.807, 2.05) is 35.1 Å². The number of benzene rings is 4. The van der Waals surface area contributed by atoms with E-state index < -0.39 is 0 Å². The van der Waals surface area contributed by atoms with Crippen molar-refractivity contribution in [2.75, 3.05) is 0 Å². The quantitative estimate of drug-likeness (QED) is 0.165. The summed E-state index contributed by atoms with van der Waals surface area (Å²) in [6.45, 7) is 15.4. The molecule has 4 aromatic carbocycles. The van der Waals surface area contributed by atoms with Gasteiger partial charge in [-0.2, -0.15) is 5.10 Å². The molecular formula is C39H43F2Ir2N6O2-. The van der Waals surface area contributed by atoms with Crippen molar-refractivity contribution in [1.29, 1.82) is 0 Å². The van der Waals surface area contributed by atoms with E-state index in [0.29, 0.717) is 12.2 Å². The van der Waals surface area contributed by atoms with Crippen molar-refractivity contribution in [2.45, 2.75) is 74.0 Å². The average Bonchev–Trinajstić information content (AvgIpc) is 3.60. The largest absolute Gasteiger partial charge is 0.393 e. The number of aryl methyl sites for hydroxylation is 6. The first-order valence-electron chi connectivity index (χ1n) is 16.0. The first-order chi connectivity index (χ1) is 23.3. The molecule has 0 saturated carbocycles. The molecule has 2 heterocycles. The normalized spacial score (nSPS) is 11.5. The van der Waals surface area contributed by atoms with Gasteiger partial charge in [0.05, 0.1) is 23.7 Å². The summed E-state index contributed by atoms with van der Waals surface area (Å²) in [6, 6.07) is 25.9. The zero-order valence-corrected chi connectivity index (χ0v) is 34.7. The Balaban J connectivity index is 0.000000289. The fourth-order valence-electron chi connectivity index (χ4n) is 5.58. The van der Waals surface area contributed by atoms with E-state index in [4.69, 9.17) is 10.2 Å². The molecule has 0 bridgehead atoms. The fourth-order valence-corrected chi connectivity index (χ4v) is 5.58. The molecule has 274 valence electrons. The number of para-hydroxylation sites is 2. The smallest absolute Gasteiger partial charge is 0.168 e. The van der Waals surface area contributed by atoms with E-state index in [1.165, 1.54) is 24.3 Å². The van der Waals surface area contributed by atoms with Gasteiger partial charge in [-0.05, 0) is 108 Å². The Morgan fingerprint density at radius 1 is 0.588 bits per heavy atom. The second kappa shape index (κ2) is 19.7. The molecule has 0 fully saturated rings. The average molecular weight is 1050 g/mol. The molecular weight excluding hydrogens is 1010 g/mol. The van der Waals surface area contributed by atoms with Crippen molar-refractivity contribution in [3.8, 4) is 34.2 Å². The van der Waals surface area contributed by atoms with Crippen LogP contribution in [0.15, 0.2) is 78.9 Å². The van der Waals surface area contributed by atoms with Crippen LogP contribution in [0, 0.1) is 59.2 Å². The van der Waals surface area contributed by atoms with Gasteiger partial charge < -0.3 is 14.8 Å². The number of nitrogens with zero attached hydrogens (tertiary/aromatic N) is 6. The van der Waals surface area contributed by atoms with Gasteiger partial charge in [0, 0.05) is 57.3 Å². The second-order valence-electron chi connectivity index (χ2n) is 12.2. The molecule has 0 spiro atoms. The van der Waals surface area contributed by atoms with Crippen LogP contribution in [-0.2, 0) is 40.2 Å². The first-order valence-corrected chi connectivity index (χ1v) is 16.0. The third-order valence-corrected chi connectivity index (χ3v) is 7.78. The van der Waals surface area contributed by atoms with Gasteiger partial charge in [-0.25, -0.2) is 4.39 Å². The van der Waals surface area contributed by atoms with Crippen molar-refractivity contribution in [3.05, 3.63) is 130 Å². The Hall–Kier alpha value is -3.76. The Kier molecular flexibility index (Phi) is 16.8. The van der Waals surface area contributed by atoms with Gasteiger partial charge in [0.2, 0.25) is 0 Å². The monoisotopic (exact) mass is 1050 g/mol. The number of hydrogen-bond donors (Lipinski definition) is 2. The molecule has 2 aromatic heterocycles. The van der Waals surface area contributed by atoms with E-state index in [2.05, 4.69) is 78.4 Å². The molecule has 2 unspecified atom stereocenters. The Morgan fingerprint density at radius 2 is 1.00 bits per heavy atom. The molecule has 0 aliphatic rings. The van der Waals surface area contributed by atoms with E-state index >= 15 is 0 Å². The van der Waals surface area contributed by atoms with Crippen molar-refractivity contribution in [2.24, 2.45) is 0 Å². The number of hydrogen-bond acceptors (Lipinski definition) is 6. The number of halogens is 2. The van der Waals surface area contributed by atoms with Crippen molar-refractivity contribution < 1.29 is 59.2 Å². The molecule has 6 aromatic rings. The zero-order valence-electron chi connectivity index (χ0n) is 29.9. The van der Waals surface area contributed by atoms with Crippen molar-refractivity contribution in [3.63, 3.8) is 0 Å². The van der Waals surface area contributed by atoms with Gasteiger partial charge in [0.1, 0.15) is 17.5 Å². The maximum Gasteiger partial charge on any atom is 0.168 e. The van der Waals surface area contributed by atoms with Crippen LogP contribution in [-0.4, -0.2) is 51.9 Å². The molecule has 0 saturated heterocycles. The molecule has 2 atom stereocenters. The van der Waals surface area contributed by atoms with Gasteiger partial charge in [0.15, 0.2) is 5.82 Å². The Bertz CT molecular complexity index is 1810. The molecule has 2 N–H and O–H groups in total. The molecule has 6 rings (SSSR count). The maximum atomic E-state index is 13.1. The summed E-state index contributed by atoms with van der Waals surface area (Å²) in [6.07, 6.45) is -0.278. The molecule has 2 radical (unpaired) electrons. The summed E-state index contributed by atoms with van der Waals surface area (Å²) in [5.74, 6) is 2.43. The Labute approximate surface area is 325 Å². The minimum atomic E-state index is -0.375. The molecule has 12 heteroatoms. The van der Waals surface area contributed by atoms with Crippen LogP contribution < -0.4 is 0 Å². The summed E-state index contributed by atoms with van der Waals surface area (Å²) >= 11 is 0. The number of rotatable bonds is 6. The van der Waals surface area contributed by atoms with E-state index in [0.717, 1.165) is 62.2 Å². The number of aliphatic hydroxyl groups is 2. The Morgan fingerprint density at radius 3 is 1.39 bits per heavy atom. The fraction of sp³-hybridized carbons (Fsp3) is 0.282. The van der Waals surface area contributed by atoms with Crippen molar-refractivity contribution >= 4 is 0 Å². The summed E-state index contributed by atoms with van der Waals surface area (Å²) in [5.41, 5.74) is 8.30. The van der Waals surface area contributed by atoms with Gasteiger partial charge in [-0.15, -0.1) is 45.1 Å². The molecule has 51 heavy (non-hydrogen) atoms. The second-order valence-corrected chi connectivity index (χ2v) is 12.2.